The van der Waals surface area contributed by atoms with Crippen LogP contribution in [0, 0.1) is 6.92 Å². The van der Waals surface area contributed by atoms with E-state index in [2.05, 4.69) is 53.9 Å². The van der Waals surface area contributed by atoms with Crippen LogP contribution in [0.1, 0.15) is 11.1 Å². The van der Waals surface area contributed by atoms with Gasteiger partial charge in [0.1, 0.15) is 0 Å². The Morgan fingerprint density at radius 2 is 1.83 bits per heavy atom. The molecule has 3 nitrogen and oxygen atoms in total. The molecule has 0 spiro atoms. The number of nitrogens with one attached hydrogen (secondary N) is 2. The van der Waals surface area contributed by atoms with Crippen LogP contribution in [0.3, 0.4) is 0 Å². The fourth-order valence-electron chi connectivity index (χ4n) is 2.44. The van der Waals surface area contributed by atoms with E-state index in [0.717, 1.165) is 29.2 Å². The fourth-order valence-corrected chi connectivity index (χ4v) is 2.81. The SMILES string of the molecule is Cc1c(Cl)cccc1NC(=S)NC[C@H](Cc1ccccc1)N(C)C. The van der Waals surface area contributed by atoms with Gasteiger partial charge in [-0.1, -0.05) is 48.0 Å². The van der Waals surface area contributed by atoms with Gasteiger partial charge < -0.3 is 15.5 Å². The summed E-state index contributed by atoms with van der Waals surface area (Å²) in [5, 5.41) is 7.89. The highest BCUT2D eigenvalue weighted by Gasteiger charge is 2.13. The largest absolute Gasteiger partial charge is 0.361 e. The van der Waals surface area contributed by atoms with Crippen molar-refractivity contribution in [3.63, 3.8) is 0 Å². The Kier molecular flexibility index (Phi) is 7.03. The van der Waals surface area contributed by atoms with E-state index < -0.39 is 0 Å². The van der Waals surface area contributed by atoms with Crippen LogP contribution < -0.4 is 10.6 Å². The van der Waals surface area contributed by atoms with Gasteiger partial charge in [0.05, 0.1) is 0 Å². The van der Waals surface area contributed by atoms with Gasteiger partial charge in [0, 0.05) is 23.3 Å². The molecule has 128 valence electrons. The van der Waals surface area contributed by atoms with Crippen LogP contribution in [0.25, 0.3) is 0 Å². The molecule has 0 heterocycles. The molecule has 0 fully saturated rings. The second-order valence-electron chi connectivity index (χ2n) is 6.05. The van der Waals surface area contributed by atoms with Crippen molar-refractivity contribution in [2.75, 3.05) is 26.0 Å². The molecular formula is C19H24ClN3S. The predicted octanol–water partition coefficient (Wildman–Crippen LogP) is 4.11. The molecule has 0 unspecified atom stereocenters. The normalized spacial score (nSPS) is 12.0. The molecule has 1 atom stereocenters. The van der Waals surface area contributed by atoms with Gasteiger partial charge >= 0.3 is 0 Å². The van der Waals surface area contributed by atoms with Crippen molar-refractivity contribution in [3.05, 3.63) is 64.7 Å². The molecular weight excluding hydrogens is 338 g/mol. The third-order valence-electron chi connectivity index (χ3n) is 4.06. The van der Waals surface area contributed by atoms with E-state index in [1.54, 1.807) is 0 Å². The van der Waals surface area contributed by atoms with Crippen molar-refractivity contribution in [2.45, 2.75) is 19.4 Å². The smallest absolute Gasteiger partial charge is 0.170 e. The highest BCUT2D eigenvalue weighted by atomic mass is 35.5. The van der Waals surface area contributed by atoms with E-state index >= 15 is 0 Å². The van der Waals surface area contributed by atoms with Gasteiger partial charge in [-0.05, 0) is 62.9 Å². The number of nitrogens with zero attached hydrogens (tertiary/aromatic N) is 1. The summed E-state index contributed by atoms with van der Waals surface area (Å²) in [6.45, 7) is 2.75. The Balaban J connectivity index is 1.91. The molecule has 2 aromatic rings. The number of likely N-dealkylation sites (N-methyl/N-ethyl adjacent to an activating group) is 1. The standard InChI is InChI=1S/C19H24ClN3S/c1-14-17(20)10-7-11-18(14)22-19(24)21-13-16(23(2)3)12-15-8-5-4-6-9-15/h4-11,16H,12-13H2,1-3H3,(H2,21,22,24)/t16-/m0/s1. The van der Waals surface area contributed by atoms with Crippen molar-refractivity contribution >= 4 is 34.6 Å². The van der Waals surface area contributed by atoms with Crippen molar-refractivity contribution in [1.82, 2.24) is 10.2 Å². The Morgan fingerprint density at radius 1 is 1.12 bits per heavy atom. The molecule has 24 heavy (non-hydrogen) atoms. The van der Waals surface area contributed by atoms with Gasteiger partial charge in [0.2, 0.25) is 0 Å². The molecule has 5 heteroatoms. The number of hydrogen-bond donors (Lipinski definition) is 2. The van der Waals surface area contributed by atoms with Crippen LogP contribution in [-0.4, -0.2) is 36.7 Å². The number of anilines is 1. The van der Waals surface area contributed by atoms with Crippen LogP contribution in [0.5, 0.6) is 0 Å². The van der Waals surface area contributed by atoms with Crippen molar-refractivity contribution in [1.29, 1.82) is 0 Å². The summed E-state index contributed by atoms with van der Waals surface area (Å²) in [6, 6.07) is 16.6. The lowest BCUT2D eigenvalue weighted by molar-refractivity contribution is 0.291. The topological polar surface area (TPSA) is 27.3 Å². The number of hydrogen-bond acceptors (Lipinski definition) is 2. The Morgan fingerprint density at radius 3 is 2.50 bits per heavy atom. The minimum atomic E-state index is 0.354. The molecule has 0 bridgehead atoms. The summed E-state index contributed by atoms with van der Waals surface area (Å²) in [7, 11) is 4.18. The third kappa shape index (κ3) is 5.48. The molecule has 2 aromatic carbocycles. The third-order valence-corrected chi connectivity index (χ3v) is 4.71. The summed E-state index contributed by atoms with van der Waals surface area (Å²) >= 11 is 11.6. The zero-order chi connectivity index (χ0) is 17.5. The van der Waals surface area contributed by atoms with Gasteiger partial charge in [-0.3, -0.25) is 0 Å². The Labute approximate surface area is 155 Å². The maximum atomic E-state index is 6.15. The molecule has 0 radical (unpaired) electrons. The van der Waals surface area contributed by atoms with E-state index in [9.17, 15) is 0 Å². The zero-order valence-electron chi connectivity index (χ0n) is 14.3. The maximum absolute atomic E-state index is 6.15. The number of benzene rings is 2. The first-order chi connectivity index (χ1) is 11.5. The van der Waals surface area contributed by atoms with Gasteiger partial charge in [0.25, 0.3) is 0 Å². The first kappa shape index (κ1) is 18.7. The highest BCUT2D eigenvalue weighted by Crippen LogP contribution is 2.22. The van der Waals surface area contributed by atoms with Gasteiger partial charge in [0.15, 0.2) is 5.11 Å². The first-order valence-corrected chi connectivity index (χ1v) is 8.76. The van der Waals surface area contributed by atoms with Gasteiger partial charge in [-0.2, -0.15) is 0 Å². The lowest BCUT2D eigenvalue weighted by atomic mass is 10.1. The zero-order valence-corrected chi connectivity index (χ0v) is 15.9. The van der Waals surface area contributed by atoms with Crippen molar-refractivity contribution < 1.29 is 0 Å². The van der Waals surface area contributed by atoms with Crippen molar-refractivity contribution in [3.8, 4) is 0 Å². The average Bonchev–Trinajstić information content (AvgIpc) is 2.56. The number of rotatable bonds is 6. The summed E-state index contributed by atoms with van der Waals surface area (Å²) in [6.07, 6.45) is 0.972. The molecule has 0 amide bonds. The molecule has 2 rings (SSSR count). The highest BCUT2D eigenvalue weighted by molar-refractivity contribution is 7.80. The summed E-state index contributed by atoms with van der Waals surface area (Å²) in [4.78, 5) is 2.22. The lowest BCUT2D eigenvalue weighted by Gasteiger charge is -2.25. The lowest BCUT2D eigenvalue weighted by Crippen LogP contribution is -2.42. The quantitative estimate of drug-likeness (QED) is 0.757. The maximum Gasteiger partial charge on any atom is 0.170 e. The number of thiocarbonyl (C=S) groups is 1. The Hall–Kier alpha value is -1.62. The Bertz CT molecular complexity index is 674. The van der Waals surface area contributed by atoms with E-state index in [0.29, 0.717) is 11.2 Å². The number of halogens is 1. The summed E-state index contributed by atoms with van der Waals surface area (Å²) < 4.78 is 0. The van der Waals surface area contributed by atoms with Gasteiger partial charge in [-0.15, -0.1) is 0 Å². The second kappa shape index (κ2) is 9.02. The van der Waals surface area contributed by atoms with E-state index in [-0.39, 0.29) is 0 Å². The van der Waals surface area contributed by atoms with E-state index in [1.165, 1.54) is 5.56 Å². The molecule has 0 saturated carbocycles. The monoisotopic (exact) mass is 361 g/mol. The predicted molar refractivity (Wildman–Crippen MR) is 108 cm³/mol. The fraction of sp³-hybridized carbons (Fsp3) is 0.316. The first-order valence-electron chi connectivity index (χ1n) is 7.97. The molecule has 0 aromatic heterocycles. The van der Waals surface area contributed by atoms with E-state index in [4.69, 9.17) is 23.8 Å². The molecule has 0 aliphatic carbocycles. The second-order valence-corrected chi connectivity index (χ2v) is 6.87. The molecule has 2 N–H and O–H groups in total. The molecule has 0 saturated heterocycles. The van der Waals surface area contributed by atoms with Crippen LogP contribution in [0.2, 0.25) is 5.02 Å². The van der Waals surface area contributed by atoms with Crippen molar-refractivity contribution in [2.24, 2.45) is 0 Å². The van der Waals surface area contributed by atoms with E-state index in [1.807, 2.05) is 31.2 Å². The molecule has 0 aliphatic rings. The minimum Gasteiger partial charge on any atom is -0.361 e. The van der Waals surface area contributed by atoms with Gasteiger partial charge in [-0.25, -0.2) is 0 Å². The van der Waals surface area contributed by atoms with Crippen LogP contribution >= 0.6 is 23.8 Å². The minimum absolute atomic E-state index is 0.354. The van der Waals surface area contributed by atoms with Crippen LogP contribution in [-0.2, 0) is 6.42 Å². The molecule has 0 aliphatic heterocycles. The average molecular weight is 362 g/mol. The van der Waals surface area contributed by atoms with Crippen LogP contribution in [0.15, 0.2) is 48.5 Å². The summed E-state index contributed by atoms with van der Waals surface area (Å²) in [5.41, 5.74) is 3.25. The summed E-state index contributed by atoms with van der Waals surface area (Å²) in [5.74, 6) is 0. The van der Waals surface area contributed by atoms with Crippen LogP contribution in [0.4, 0.5) is 5.69 Å².